The molecule has 2 rings (SSSR count). The second-order valence-electron chi connectivity index (χ2n) is 5.54. The smallest absolute Gasteiger partial charge is 0.308 e. The minimum absolute atomic E-state index is 0.383. The Morgan fingerprint density at radius 1 is 1.00 bits per heavy atom. The van der Waals surface area contributed by atoms with Crippen LogP contribution in [0, 0.1) is 5.92 Å². The highest BCUT2D eigenvalue weighted by atomic mass is 16.4. The molecular formula is C19H23NO2. The highest BCUT2D eigenvalue weighted by Crippen LogP contribution is 2.13. The summed E-state index contributed by atoms with van der Waals surface area (Å²) in [5.74, 6) is -1.11. The highest BCUT2D eigenvalue weighted by molar-refractivity contribution is 5.70. The van der Waals surface area contributed by atoms with Crippen LogP contribution in [0.3, 0.4) is 0 Å². The Morgan fingerprint density at radius 2 is 1.55 bits per heavy atom. The van der Waals surface area contributed by atoms with Crippen molar-refractivity contribution in [2.24, 2.45) is 5.92 Å². The number of carbonyl (C=O) groups is 1. The summed E-state index contributed by atoms with van der Waals surface area (Å²) < 4.78 is 0. The summed E-state index contributed by atoms with van der Waals surface area (Å²) in [4.78, 5) is 13.8. The standard InChI is InChI=1S/C19H23NO2/c1-2-20(14-17-11-7-4-8-12-17)15-18(19(21)22)13-16-9-5-3-6-10-16/h3-12,18H,2,13-15H2,1H3,(H,21,22). The molecule has 22 heavy (non-hydrogen) atoms. The Balaban J connectivity index is 2.00. The quantitative estimate of drug-likeness (QED) is 0.811. The van der Waals surface area contributed by atoms with Crippen LogP contribution in [0.1, 0.15) is 18.1 Å². The maximum Gasteiger partial charge on any atom is 0.308 e. The predicted octanol–water partition coefficient (Wildman–Crippen LogP) is 3.45. The van der Waals surface area contributed by atoms with E-state index in [9.17, 15) is 9.90 Å². The number of hydrogen-bond donors (Lipinski definition) is 1. The Bertz CT molecular complexity index is 569. The molecule has 0 aliphatic carbocycles. The molecule has 0 fully saturated rings. The van der Waals surface area contributed by atoms with Gasteiger partial charge in [-0.1, -0.05) is 67.6 Å². The maximum absolute atomic E-state index is 11.6. The third-order valence-corrected chi connectivity index (χ3v) is 3.85. The first-order chi connectivity index (χ1) is 10.7. The highest BCUT2D eigenvalue weighted by Gasteiger charge is 2.21. The lowest BCUT2D eigenvalue weighted by Crippen LogP contribution is -2.34. The zero-order valence-corrected chi connectivity index (χ0v) is 13.0. The molecule has 1 atom stereocenters. The van der Waals surface area contributed by atoms with Crippen molar-refractivity contribution < 1.29 is 9.90 Å². The Kier molecular flexibility index (Phi) is 6.16. The van der Waals surface area contributed by atoms with Gasteiger partial charge in [0.15, 0.2) is 0 Å². The van der Waals surface area contributed by atoms with Crippen LogP contribution in [-0.4, -0.2) is 29.1 Å². The van der Waals surface area contributed by atoms with Crippen LogP contribution in [0.5, 0.6) is 0 Å². The molecule has 116 valence electrons. The molecule has 0 aromatic heterocycles. The summed E-state index contributed by atoms with van der Waals surface area (Å²) in [5, 5.41) is 9.52. The second kappa shape index (κ2) is 8.35. The van der Waals surface area contributed by atoms with Crippen molar-refractivity contribution in [2.45, 2.75) is 19.9 Å². The second-order valence-corrected chi connectivity index (χ2v) is 5.54. The fourth-order valence-electron chi connectivity index (χ4n) is 2.59. The van der Waals surface area contributed by atoms with Gasteiger partial charge in [0.2, 0.25) is 0 Å². The van der Waals surface area contributed by atoms with E-state index in [1.807, 2.05) is 48.5 Å². The molecule has 0 radical (unpaired) electrons. The van der Waals surface area contributed by atoms with Gasteiger partial charge >= 0.3 is 5.97 Å². The Labute approximate surface area is 132 Å². The third-order valence-electron chi connectivity index (χ3n) is 3.85. The molecule has 0 saturated carbocycles. The fraction of sp³-hybridized carbons (Fsp3) is 0.316. The normalized spacial score (nSPS) is 12.3. The Hall–Kier alpha value is -2.13. The first-order valence-electron chi connectivity index (χ1n) is 7.72. The number of hydrogen-bond acceptors (Lipinski definition) is 2. The zero-order chi connectivity index (χ0) is 15.8. The number of carboxylic acids is 1. The molecule has 0 heterocycles. The number of aliphatic carboxylic acids is 1. The summed E-state index contributed by atoms with van der Waals surface area (Å²) in [6.45, 7) is 4.27. The molecule has 0 saturated heterocycles. The van der Waals surface area contributed by atoms with E-state index in [2.05, 4.69) is 24.0 Å². The lowest BCUT2D eigenvalue weighted by Gasteiger charge is -2.24. The molecule has 2 aromatic rings. The van der Waals surface area contributed by atoms with Gasteiger partial charge in [-0.15, -0.1) is 0 Å². The molecule has 1 N–H and O–H groups in total. The van der Waals surface area contributed by atoms with Crippen LogP contribution in [0.2, 0.25) is 0 Å². The van der Waals surface area contributed by atoms with Crippen LogP contribution >= 0.6 is 0 Å². The van der Waals surface area contributed by atoms with Gasteiger partial charge in [-0.2, -0.15) is 0 Å². The average molecular weight is 297 g/mol. The van der Waals surface area contributed by atoms with Gasteiger partial charge in [-0.05, 0) is 24.1 Å². The minimum atomic E-state index is -0.727. The van der Waals surface area contributed by atoms with Gasteiger partial charge in [-0.25, -0.2) is 0 Å². The van der Waals surface area contributed by atoms with Crippen LogP contribution in [0.25, 0.3) is 0 Å². The van der Waals surface area contributed by atoms with Gasteiger partial charge in [0.1, 0.15) is 0 Å². The van der Waals surface area contributed by atoms with E-state index < -0.39 is 5.97 Å². The van der Waals surface area contributed by atoms with Crippen molar-refractivity contribution in [1.29, 1.82) is 0 Å². The molecule has 0 aliphatic rings. The number of rotatable bonds is 8. The van der Waals surface area contributed by atoms with E-state index in [1.165, 1.54) is 5.56 Å². The third kappa shape index (κ3) is 5.01. The van der Waals surface area contributed by atoms with Crippen LogP contribution in [-0.2, 0) is 17.8 Å². The maximum atomic E-state index is 11.6. The van der Waals surface area contributed by atoms with Gasteiger partial charge in [0.25, 0.3) is 0 Å². The van der Waals surface area contributed by atoms with E-state index >= 15 is 0 Å². The average Bonchev–Trinajstić information content (AvgIpc) is 2.55. The van der Waals surface area contributed by atoms with E-state index in [0.717, 1.165) is 18.7 Å². The molecule has 1 unspecified atom stereocenters. The zero-order valence-electron chi connectivity index (χ0n) is 13.0. The lowest BCUT2D eigenvalue weighted by atomic mass is 9.98. The Morgan fingerprint density at radius 3 is 2.05 bits per heavy atom. The molecule has 0 amide bonds. The fourth-order valence-corrected chi connectivity index (χ4v) is 2.59. The van der Waals surface area contributed by atoms with Gasteiger partial charge in [0.05, 0.1) is 5.92 Å². The molecule has 3 nitrogen and oxygen atoms in total. The molecule has 2 aromatic carbocycles. The number of nitrogens with zero attached hydrogens (tertiary/aromatic N) is 1. The van der Waals surface area contributed by atoms with Crippen molar-refractivity contribution in [3.8, 4) is 0 Å². The summed E-state index contributed by atoms with van der Waals surface area (Å²) in [6.07, 6.45) is 0.571. The molecule has 0 spiro atoms. The van der Waals surface area contributed by atoms with E-state index in [1.54, 1.807) is 0 Å². The monoisotopic (exact) mass is 297 g/mol. The number of carboxylic acid groups (broad SMARTS) is 1. The summed E-state index contributed by atoms with van der Waals surface area (Å²) in [7, 11) is 0. The molecule has 3 heteroatoms. The van der Waals surface area contributed by atoms with Gasteiger partial charge in [0, 0.05) is 13.1 Å². The first kappa shape index (κ1) is 16.2. The van der Waals surface area contributed by atoms with Crippen molar-refractivity contribution in [2.75, 3.05) is 13.1 Å². The molecule has 0 aliphatic heterocycles. The van der Waals surface area contributed by atoms with Crippen molar-refractivity contribution >= 4 is 5.97 Å². The molecule has 0 bridgehead atoms. The summed E-state index contributed by atoms with van der Waals surface area (Å²) in [5.41, 5.74) is 2.29. The van der Waals surface area contributed by atoms with Crippen molar-refractivity contribution in [3.63, 3.8) is 0 Å². The molecular weight excluding hydrogens is 274 g/mol. The summed E-state index contributed by atoms with van der Waals surface area (Å²) in [6, 6.07) is 20.0. The lowest BCUT2D eigenvalue weighted by molar-refractivity contribution is -0.142. The van der Waals surface area contributed by atoms with Crippen LogP contribution in [0.4, 0.5) is 0 Å². The van der Waals surface area contributed by atoms with E-state index in [-0.39, 0.29) is 5.92 Å². The summed E-state index contributed by atoms with van der Waals surface area (Å²) >= 11 is 0. The minimum Gasteiger partial charge on any atom is -0.481 e. The van der Waals surface area contributed by atoms with E-state index in [4.69, 9.17) is 0 Å². The first-order valence-corrected chi connectivity index (χ1v) is 7.72. The van der Waals surface area contributed by atoms with Gasteiger partial charge in [-0.3, -0.25) is 9.69 Å². The van der Waals surface area contributed by atoms with Crippen LogP contribution < -0.4 is 0 Å². The predicted molar refractivity (Wildman–Crippen MR) is 88.7 cm³/mol. The van der Waals surface area contributed by atoms with E-state index in [0.29, 0.717) is 13.0 Å². The van der Waals surface area contributed by atoms with Crippen molar-refractivity contribution in [3.05, 3.63) is 71.8 Å². The van der Waals surface area contributed by atoms with Gasteiger partial charge < -0.3 is 5.11 Å². The van der Waals surface area contributed by atoms with Crippen LogP contribution in [0.15, 0.2) is 60.7 Å². The van der Waals surface area contributed by atoms with Crippen molar-refractivity contribution in [1.82, 2.24) is 4.90 Å². The number of benzene rings is 2. The topological polar surface area (TPSA) is 40.5 Å². The SMILES string of the molecule is CCN(Cc1ccccc1)CC(Cc1ccccc1)C(=O)O. The largest absolute Gasteiger partial charge is 0.481 e.